The van der Waals surface area contributed by atoms with Crippen LogP contribution in [0.1, 0.15) is 20.1 Å². The summed E-state index contributed by atoms with van der Waals surface area (Å²) in [7, 11) is 0. The third kappa shape index (κ3) is 6.83. The highest BCUT2D eigenvalue weighted by atomic mass is 35.5. The lowest BCUT2D eigenvalue weighted by Crippen LogP contribution is -2.40. The first-order chi connectivity index (χ1) is 15.7. The maximum atomic E-state index is 13.3. The first kappa shape index (κ1) is 24.8. The van der Waals surface area contributed by atoms with Crippen molar-refractivity contribution in [2.75, 3.05) is 13.2 Å². The fraction of sp³-hybridized carbons (Fsp3) is 0.273. The first-order valence-electron chi connectivity index (χ1n) is 9.70. The molecule has 0 aliphatic heterocycles. The zero-order valence-electron chi connectivity index (χ0n) is 17.7. The number of hydrogen-bond acceptors (Lipinski definition) is 7. The van der Waals surface area contributed by atoms with Crippen molar-refractivity contribution in [3.8, 4) is 11.5 Å². The predicted octanol–water partition coefficient (Wildman–Crippen LogP) is 5.03. The van der Waals surface area contributed by atoms with Gasteiger partial charge in [0.1, 0.15) is 30.8 Å². The van der Waals surface area contributed by atoms with Gasteiger partial charge >= 0.3 is 5.97 Å². The average molecular weight is 513 g/mol. The molecular formula is C22H20Cl3N3O5. The predicted molar refractivity (Wildman–Crippen MR) is 123 cm³/mol. The van der Waals surface area contributed by atoms with Gasteiger partial charge in [0.25, 0.3) is 6.23 Å². The van der Waals surface area contributed by atoms with Crippen molar-refractivity contribution in [2.24, 2.45) is 5.41 Å². The summed E-state index contributed by atoms with van der Waals surface area (Å²) in [5.74, 6) is -0.347. The van der Waals surface area contributed by atoms with E-state index >= 15 is 0 Å². The standard InChI is InChI=1S/C22H20Cl3N3O5/c1-22(2,11-32-19(29)10-31-18-8-5-15(24)9-17(18)25)20(30)21(28-13-26-12-27-28)33-16-6-3-14(23)4-7-16/h3-9,12-13,21H,10-11H2,1-2H3. The molecule has 174 valence electrons. The van der Waals surface area contributed by atoms with Crippen LogP contribution >= 0.6 is 34.8 Å². The Balaban J connectivity index is 1.63. The van der Waals surface area contributed by atoms with Gasteiger partial charge in [0.05, 0.1) is 10.4 Å². The van der Waals surface area contributed by atoms with Crippen LogP contribution in [0.4, 0.5) is 0 Å². The van der Waals surface area contributed by atoms with Crippen LogP contribution in [0.3, 0.4) is 0 Å². The second kappa shape index (κ2) is 10.9. The van der Waals surface area contributed by atoms with Crippen LogP contribution in [0.25, 0.3) is 0 Å². The number of Topliss-reactive ketones (excluding diaryl/α,β-unsaturated/α-hetero) is 1. The van der Waals surface area contributed by atoms with Gasteiger partial charge in [0.2, 0.25) is 5.78 Å². The van der Waals surface area contributed by atoms with E-state index in [1.807, 2.05) is 0 Å². The topological polar surface area (TPSA) is 92.5 Å². The number of nitrogens with zero attached hydrogens (tertiary/aromatic N) is 3. The van der Waals surface area contributed by atoms with E-state index in [0.29, 0.717) is 15.8 Å². The number of halogens is 3. The Labute approximate surface area is 205 Å². The smallest absolute Gasteiger partial charge is 0.344 e. The van der Waals surface area contributed by atoms with E-state index in [4.69, 9.17) is 49.0 Å². The molecule has 1 aromatic heterocycles. The Kier molecular flexibility index (Phi) is 8.18. The summed E-state index contributed by atoms with van der Waals surface area (Å²) < 4.78 is 17.8. The summed E-state index contributed by atoms with van der Waals surface area (Å²) in [5, 5.41) is 5.26. The Morgan fingerprint density at radius 2 is 1.76 bits per heavy atom. The second-order valence-corrected chi connectivity index (χ2v) is 8.85. The fourth-order valence-corrected chi connectivity index (χ4v) is 3.23. The molecule has 0 aliphatic carbocycles. The molecule has 0 fully saturated rings. The molecule has 3 rings (SSSR count). The molecule has 8 nitrogen and oxygen atoms in total. The normalized spacial score (nSPS) is 12.2. The SMILES string of the molecule is CC(C)(COC(=O)COc1ccc(Cl)cc1Cl)C(=O)C(Oc1ccc(Cl)cc1)n1cncn1. The van der Waals surface area contributed by atoms with E-state index in [1.165, 1.54) is 23.4 Å². The molecule has 0 amide bonds. The lowest BCUT2D eigenvalue weighted by Gasteiger charge is -2.28. The molecule has 0 aliphatic rings. The van der Waals surface area contributed by atoms with E-state index in [9.17, 15) is 9.59 Å². The molecule has 0 spiro atoms. The molecule has 0 bridgehead atoms. The number of benzene rings is 2. The number of carbonyl (C=O) groups is 2. The van der Waals surface area contributed by atoms with Crippen LogP contribution in [0.5, 0.6) is 11.5 Å². The fourth-order valence-electron chi connectivity index (χ4n) is 2.65. The van der Waals surface area contributed by atoms with Gasteiger partial charge in [-0.3, -0.25) is 4.79 Å². The minimum absolute atomic E-state index is 0.211. The first-order valence-corrected chi connectivity index (χ1v) is 10.8. The third-order valence-corrected chi connectivity index (χ3v) is 5.25. The number of aromatic nitrogens is 3. The molecule has 1 unspecified atom stereocenters. The van der Waals surface area contributed by atoms with Crippen molar-refractivity contribution in [1.29, 1.82) is 0 Å². The number of esters is 1. The highest BCUT2D eigenvalue weighted by Gasteiger charge is 2.38. The summed E-state index contributed by atoms with van der Waals surface area (Å²) >= 11 is 17.8. The van der Waals surface area contributed by atoms with Crippen molar-refractivity contribution in [1.82, 2.24) is 14.8 Å². The van der Waals surface area contributed by atoms with Crippen molar-refractivity contribution in [3.63, 3.8) is 0 Å². The van der Waals surface area contributed by atoms with E-state index in [2.05, 4.69) is 10.1 Å². The number of hydrogen-bond donors (Lipinski definition) is 0. The summed E-state index contributed by atoms with van der Waals surface area (Å²) in [4.78, 5) is 29.4. The van der Waals surface area contributed by atoms with Crippen molar-refractivity contribution < 1.29 is 23.8 Å². The molecule has 0 saturated carbocycles. The quantitative estimate of drug-likeness (QED) is 0.352. The van der Waals surface area contributed by atoms with Gasteiger partial charge in [-0.15, -0.1) is 0 Å². The highest BCUT2D eigenvalue weighted by molar-refractivity contribution is 6.35. The van der Waals surface area contributed by atoms with Gasteiger partial charge in [-0.25, -0.2) is 14.5 Å². The molecule has 33 heavy (non-hydrogen) atoms. The van der Waals surface area contributed by atoms with Crippen LogP contribution in [-0.4, -0.2) is 39.7 Å². The van der Waals surface area contributed by atoms with Gasteiger partial charge in [-0.1, -0.05) is 34.8 Å². The van der Waals surface area contributed by atoms with E-state index < -0.39 is 17.6 Å². The third-order valence-electron chi connectivity index (χ3n) is 4.46. The molecule has 1 atom stereocenters. The number of rotatable bonds is 10. The maximum absolute atomic E-state index is 13.3. The van der Waals surface area contributed by atoms with Crippen molar-refractivity contribution in [2.45, 2.75) is 20.1 Å². The van der Waals surface area contributed by atoms with Crippen LogP contribution in [-0.2, 0) is 14.3 Å². The van der Waals surface area contributed by atoms with Crippen molar-refractivity contribution in [3.05, 3.63) is 70.2 Å². The molecule has 2 aromatic carbocycles. The minimum Gasteiger partial charge on any atom is -0.480 e. The van der Waals surface area contributed by atoms with E-state index in [0.717, 1.165) is 0 Å². The van der Waals surface area contributed by atoms with Crippen molar-refractivity contribution >= 4 is 46.6 Å². The lowest BCUT2D eigenvalue weighted by molar-refractivity contribution is -0.154. The van der Waals surface area contributed by atoms with E-state index in [-0.39, 0.29) is 29.8 Å². The van der Waals surface area contributed by atoms with Crippen LogP contribution in [0.15, 0.2) is 55.1 Å². The molecule has 1 heterocycles. The maximum Gasteiger partial charge on any atom is 0.344 e. The molecule has 11 heteroatoms. The molecule has 3 aromatic rings. The molecule has 0 radical (unpaired) electrons. The Morgan fingerprint density at radius 3 is 2.39 bits per heavy atom. The Morgan fingerprint density at radius 1 is 1.06 bits per heavy atom. The van der Waals surface area contributed by atoms with Crippen LogP contribution < -0.4 is 9.47 Å². The molecular weight excluding hydrogens is 493 g/mol. The second-order valence-electron chi connectivity index (χ2n) is 7.57. The summed E-state index contributed by atoms with van der Waals surface area (Å²) in [5.41, 5.74) is -1.11. The monoisotopic (exact) mass is 511 g/mol. The number of ketones is 1. The van der Waals surface area contributed by atoms with Gasteiger partial charge in [0.15, 0.2) is 6.61 Å². The zero-order valence-corrected chi connectivity index (χ0v) is 20.0. The van der Waals surface area contributed by atoms with Crippen LogP contribution in [0.2, 0.25) is 15.1 Å². The number of carbonyl (C=O) groups excluding carboxylic acids is 2. The summed E-state index contributed by atoms with van der Waals surface area (Å²) in [6.45, 7) is 2.67. The summed E-state index contributed by atoms with van der Waals surface area (Å²) in [6.07, 6.45) is 1.52. The largest absolute Gasteiger partial charge is 0.480 e. The van der Waals surface area contributed by atoms with E-state index in [1.54, 1.807) is 50.2 Å². The Hall–Kier alpha value is -2.81. The van der Waals surface area contributed by atoms with Gasteiger partial charge < -0.3 is 14.2 Å². The average Bonchev–Trinajstić information content (AvgIpc) is 3.31. The van der Waals surface area contributed by atoms with Crippen LogP contribution in [0, 0.1) is 5.41 Å². The zero-order chi connectivity index (χ0) is 24.0. The van der Waals surface area contributed by atoms with Gasteiger partial charge in [-0.2, -0.15) is 5.10 Å². The Bertz CT molecular complexity index is 1100. The highest BCUT2D eigenvalue weighted by Crippen LogP contribution is 2.29. The lowest BCUT2D eigenvalue weighted by atomic mass is 9.88. The molecule has 0 N–H and O–H groups in total. The molecule has 0 saturated heterocycles. The number of ether oxygens (including phenoxy) is 3. The van der Waals surface area contributed by atoms with Gasteiger partial charge in [-0.05, 0) is 56.3 Å². The van der Waals surface area contributed by atoms with Gasteiger partial charge in [0, 0.05) is 10.0 Å². The minimum atomic E-state index is -1.13. The summed E-state index contributed by atoms with van der Waals surface area (Å²) in [6, 6.07) is 11.2.